The summed E-state index contributed by atoms with van der Waals surface area (Å²) in [5.74, 6) is -0.552. The lowest BCUT2D eigenvalue weighted by molar-refractivity contribution is 0.511. The Morgan fingerprint density at radius 1 is 1.10 bits per heavy atom. The van der Waals surface area contributed by atoms with E-state index in [9.17, 15) is 13.7 Å². The van der Waals surface area contributed by atoms with Crippen molar-refractivity contribution in [1.29, 1.82) is 5.41 Å². The van der Waals surface area contributed by atoms with Gasteiger partial charge in [-0.25, -0.2) is 8.60 Å². The summed E-state index contributed by atoms with van der Waals surface area (Å²) >= 11 is 0. The molecule has 1 atom stereocenters. The van der Waals surface area contributed by atoms with Gasteiger partial charge in [0.1, 0.15) is 16.5 Å². The number of aliphatic hydroxyl groups excluding tert-OH is 1. The molecule has 0 saturated carbocycles. The van der Waals surface area contributed by atoms with E-state index in [4.69, 9.17) is 5.41 Å². The Hall–Kier alpha value is -2.27. The molecule has 2 N–H and O–H groups in total. The molecule has 0 radical (unpaired) electrons. The maximum Gasteiger partial charge on any atom is 0.142 e. The van der Waals surface area contributed by atoms with Gasteiger partial charge in [0, 0.05) is 11.1 Å². The molecule has 0 spiro atoms. The molecule has 0 saturated heterocycles. The van der Waals surface area contributed by atoms with Gasteiger partial charge < -0.3 is 5.11 Å². The first-order valence-electron chi connectivity index (χ1n) is 5.89. The Labute approximate surface area is 117 Å². The van der Waals surface area contributed by atoms with Gasteiger partial charge in [0.25, 0.3) is 0 Å². The van der Waals surface area contributed by atoms with Crippen LogP contribution in [-0.2, 0) is 10.8 Å². The number of fused-ring (bicyclic) bond motifs is 1. The standard InChI is InChI=1S/C15H10FNO2S/c16-10-7-5-9(6-8-10)13(17)15-14(18)11-3-1-2-4-12(11)20(15)19/h1-8,17-18H. The lowest BCUT2D eigenvalue weighted by Gasteiger charge is -2.05. The van der Waals surface area contributed by atoms with Crippen LogP contribution in [0.3, 0.4) is 0 Å². The molecule has 0 aliphatic carbocycles. The Morgan fingerprint density at radius 3 is 2.40 bits per heavy atom. The summed E-state index contributed by atoms with van der Waals surface area (Å²) in [6, 6.07) is 12.1. The smallest absolute Gasteiger partial charge is 0.142 e. The number of hydrogen-bond acceptors (Lipinski definition) is 3. The van der Waals surface area contributed by atoms with Crippen molar-refractivity contribution in [2.75, 3.05) is 0 Å². The summed E-state index contributed by atoms with van der Waals surface area (Å²) in [4.78, 5) is 0.560. The number of hydrogen-bond donors (Lipinski definition) is 2. The lowest BCUT2D eigenvalue weighted by Crippen LogP contribution is -2.07. The first-order chi connectivity index (χ1) is 9.59. The van der Waals surface area contributed by atoms with Gasteiger partial charge in [0.2, 0.25) is 0 Å². The van der Waals surface area contributed by atoms with Gasteiger partial charge in [-0.1, -0.05) is 12.1 Å². The third-order valence-electron chi connectivity index (χ3n) is 3.10. The van der Waals surface area contributed by atoms with Crippen molar-refractivity contribution in [3.63, 3.8) is 0 Å². The molecule has 1 aliphatic heterocycles. The molecule has 2 aromatic carbocycles. The molecule has 0 fully saturated rings. The number of allylic oxidation sites excluding steroid dienone is 1. The van der Waals surface area contributed by atoms with Crippen molar-refractivity contribution in [3.8, 4) is 0 Å². The Kier molecular flexibility index (Phi) is 2.99. The largest absolute Gasteiger partial charge is 0.506 e. The zero-order chi connectivity index (χ0) is 14.3. The molecular weight excluding hydrogens is 277 g/mol. The first kappa shape index (κ1) is 12.7. The summed E-state index contributed by atoms with van der Waals surface area (Å²) in [5, 5.41) is 18.3. The van der Waals surface area contributed by atoms with E-state index >= 15 is 0 Å². The fourth-order valence-electron chi connectivity index (χ4n) is 2.10. The van der Waals surface area contributed by atoms with Crippen LogP contribution in [0.5, 0.6) is 0 Å². The second-order valence-corrected chi connectivity index (χ2v) is 5.71. The normalized spacial score (nSPS) is 17.1. The minimum absolute atomic E-state index is 0.0583. The Morgan fingerprint density at radius 2 is 1.75 bits per heavy atom. The van der Waals surface area contributed by atoms with Crippen LogP contribution >= 0.6 is 0 Å². The molecule has 20 heavy (non-hydrogen) atoms. The van der Waals surface area contributed by atoms with Crippen molar-refractivity contribution in [2.45, 2.75) is 4.90 Å². The molecule has 3 rings (SSSR count). The van der Waals surface area contributed by atoms with Gasteiger partial charge in [0.15, 0.2) is 0 Å². The minimum Gasteiger partial charge on any atom is -0.506 e. The molecule has 3 nitrogen and oxygen atoms in total. The molecule has 0 amide bonds. The highest BCUT2D eigenvalue weighted by Gasteiger charge is 2.31. The third kappa shape index (κ3) is 1.87. The second-order valence-electron chi connectivity index (χ2n) is 4.32. The van der Waals surface area contributed by atoms with Crippen LogP contribution in [0.4, 0.5) is 4.39 Å². The molecule has 0 aromatic heterocycles. The van der Waals surface area contributed by atoms with E-state index in [0.717, 1.165) is 0 Å². The highest BCUT2D eigenvalue weighted by atomic mass is 32.2. The van der Waals surface area contributed by atoms with Gasteiger partial charge in [-0.15, -0.1) is 0 Å². The molecular formula is C15H10FNO2S. The second kappa shape index (κ2) is 4.68. The quantitative estimate of drug-likeness (QED) is 0.833. The van der Waals surface area contributed by atoms with Crippen LogP contribution in [0.1, 0.15) is 11.1 Å². The van der Waals surface area contributed by atoms with E-state index in [0.29, 0.717) is 16.0 Å². The number of nitrogens with one attached hydrogen (secondary N) is 1. The van der Waals surface area contributed by atoms with Crippen LogP contribution in [-0.4, -0.2) is 15.0 Å². The van der Waals surface area contributed by atoms with Crippen LogP contribution < -0.4 is 0 Å². The van der Waals surface area contributed by atoms with Gasteiger partial charge in [-0.2, -0.15) is 0 Å². The van der Waals surface area contributed by atoms with Crippen LogP contribution in [0, 0.1) is 11.2 Å². The first-order valence-corrected chi connectivity index (χ1v) is 7.04. The average Bonchev–Trinajstić information content (AvgIpc) is 2.72. The van der Waals surface area contributed by atoms with Gasteiger partial charge in [0.05, 0.1) is 21.4 Å². The third-order valence-corrected chi connectivity index (χ3v) is 4.63. The molecule has 0 bridgehead atoms. The van der Waals surface area contributed by atoms with Crippen molar-refractivity contribution in [2.24, 2.45) is 0 Å². The maximum atomic E-state index is 12.9. The predicted octanol–water partition coefficient (Wildman–Crippen LogP) is 3.24. The van der Waals surface area contributed by atoms with Crippen molar-refractivity contribution in [3.05, 3.63) is 70.4 Å². The number of benzene rings is 2. The number of rotatable bonds is 2. The molecule has 1 heterocycles. The maximum absolute atomic E-state index is 12.9. The van der Waals surface area contributed by atoms with Crippen LogP contribution in [0.25, 0.3) is 5.76 Å². The topological polar surface area (TPSA) is 61.1 Å². The fourth-order valence-corrected chi connectivity index (χ4v) is 3.48. The predicted molar refractivity (Wildman–Crippen MR) is 75.6 cm³/mol. The summed E-state index contributed by atoms with van der Waals surface area (Å²) in [7, 11) is -1.59. The average molecular weight is 287 g/mol. The summed E-state index contributed by atoms with van der Waals surface area (Å²) in [5.41, 5.74) is 0.832. The van der Waals surface area contributed by atoms with E-state index < -0.39 is 16.6 Å². The van der Waals surface area contributed by atoms with Gasteiger partial charge in [-0.05, 0) is 36.4 Å². The minimum atomic E-state index is -1.59. The SMILES string of the molecule is N=C(C1=C(O)c2ccccc2S1=O)c1ccc(F)cc1. The zero-order valence-corrected chi connectivity index (χ0v) is 11.1. The Balaban J connectivity index is 2.08. The molecule has 5 heteroatoms. The number of halogens is 1. The van der Waals surface area contributed by atoms with Crippen molar-refractivity contribution < 1.29 is 13.7 Å². The molecule has 1 unspecified atom stereocenters. The van der Waals surface area contributed by atoms with Gasteiger partial charge >= 0.3 is 0 Å². The zero-order valence-electron chi connectivity index (χ0n) is 10.3. The van der Waals surface area contributed by atoms with E-state index in [2.05, 4.69) is 0 Å². The lowest BCUT2D eigenvalue weighted by atomic mass is 10.1. The summed E-state index contributed by atoms with van der Waals surface area (Å²) in [6.45, 7) is 0. The van der Waals surface area contributed by atoms with Crippen LogP contribution in [0.15, 0.2) is 58.3 Å². The van der Waals surface area contributed by atoms with Gasteiger partial charge in [-0.3, -0.25) is 5.41 Å². The van der Waals surface area contributed by atoms with Crippen molar-refractivity contribution in [1.82, 2.24) is 0 Å². The molecule has 100 valence electrons. The van der Waals surface area contributed by atoms with Crippen molar-refractivity contribution >= 4 is 22.3 Å². The number of aliphatic hydroxyl groups is 1. The van der Waals surface area contributed by atoms with E-state index in [1.807, 2.05) is 0 Å². The summed E-state index contributed by atoms with van der Waals surface area (Å²) < 4.78 is 25.3. The highest BCUT2D eigenvalue weighted by Crippen LogP contribution is 2.36. The molecule has 1 aliphatic rings. The van der Waals surface area contributed by atoms with E-state index in [-0.39, 0.29) is 16.4 Å². The summed E-state index contributed by atoms with van der Waals surface area (Å²) in [6.07, 6.45) is 0. The van der Waals surface area contributed by atoms with Crippen LogP contribution in [0.2, 0.25) is 0 Å². The Bertz CT molecular complexity index is 766. The monoisotopic (exact) mass is 287 g/mol. The molecule has 2 aromatic rings. The van der Waals surface area contributed by atoms with E-state index in [1.165, 1.54) is 24.3 Å². The highest BCUT2D eigenvalue weighted by molar-refractivity contribution is 7.90. The fraction of sp³-hybridized carbons (Fsp3) is 0. The van der Waals surface area contributed by atoms with E-state index in [1.54, 1.807) is 24.3 Å².